The summed E-state index contributed by atoms with van der Waals surface area (Å²) in [6.07, 6.45) is 0. The Kier molecular flexibility index (Phi) is 3.83. The van der Waals surface area contributed by atoms with Crippen LogP contribution in [0.15, 0.2) is 24.3 Å². The predicted octanol–water partition coefficient (Wildman–Crippen LogP) is 1.82. The number of methoxy groups -OCH3 is 1. The number of ether oxygens (including phenoxy) is 1. The molecule has 4 nitrogen and oxygen atoms in total. The summed E-state index contributed by atoms with van der Waals surface area (Å²) in [6, 6.07) is 6.13. The molecule has 1 aromatic carbocycles. The van der Waals surface area contributed by atoms with Crippen molar-refractivity contribution in [3.05, 3.63) is 29.8 Å². The lowest BCUT2D eigenvalue weighted by Crippen LogP contribution is -2.31. The average Bonchev–Trinajstić information content (AvgIpc) is 2.16. The number of aromatic hydroxyl groups is 1. The van der Waals surface area contributed by atoms with Crippen LogP contribution in [0.3, 0.4) is 0 Å². The van der Waals surface area contributed by atoms with Crippen LogP contribution in [0.4, 0.5) is 0 Å². The van der Waals surface area contributed by atoms with Crippen LogP contribution >= 0.6 is 10.7 Å². The number of phenols is 1. The van der Waals surface area contributed by atoms with Crippen LogP contribution in [0.25, 0.3) is 0 Å². The number of rotatable bonds is 4. The Morgan fingerprint density at radius 2 is 1.88 bits per heavy atom. The molecule has 1 atom stereocenters. The summed E-state index contributed by atoms with van der Waals surface area (Å²) in [5.74, 6) is -0.223. The normalized spacial score (nSPS) is 15.7. The Bertz CT molecular complexity index is 454. The molecule has 0 aliphatic heterocycles. The Morgan fingerprint density at radius 1 is 1.38 bits per heavy atom. The molecular formula is C10H13ClO4S. The van der Waals surface area contributed by atoms with Crippen molar-refractivity contribution >= 4 is 19.7 Å². The van der Waals surface area contributed by atoms with E-state index in [2.05, 4.69) is 0 Å². The molecule has 0 aliphatic rings. The van der Waals surface area contributed by atoms with E-state index in [0.717, 1.165) is 0 Å². The molecule has 0 aromatic heterocycles. The molecule has 1 unspecified atom stereocenters. The molecule has 1 N–H and O–H groups in total. The fourth-order valence-electron chi connectivity index (χ4n) is 1.40. The minimum Gasteiger partial charge on any atom is -0.508 e. The molecule has 0 saturated carbocycles. The molecule has 0 heterocycles. The van der Waals surface area contributed by atoms with Crippen LogP contribution < -0.4 is 0 Å². The van der Waals surface area contributed by atoms with Gasteiger partial charge >= 0.3 is 0 Å². The Balaban J connectivity index is 3.09. The van der Waals surface area contributed by atoms with Crippen molar-refractivity contribution in [1.29, 1.82) is 0 Å². The monoisotopic (exact) mass is 264 g/mol. The van der Waals surface area contributed by atoms with Gasteiger partial charge in [0.1, 0.15) is 11.4 Å². The topological polar surface area (TPSA) is 63.6 Å². The van der Waals surface area contributed by atoms with Gasteiger partial charge in [0.15, 0.2) is 0 Å². The van der Waals surface area contributed by atoms with Gasteiger partial charge in [-0.2, -0.15) is 0 Å². The minimum atomic E-state index is -3.67. The predicted molar refractivity (Wildman–Crippen MR) is 62.1 cm³/mol. The third kappa shape index (κ3) is 3.37. The van der Waals surface area contributed by atoms with Gasteiger partial charge in [0, 0.05) is 17.8 Å². The SMILES string of the molecule is COC(C)(CS(=O)(=O)Cl)c1ccc(O)cc1. The van der Waals surface area contributed by atoms with Crippen LogP contribution in [0, 0.1) is 0 Å². The van der Waals surface area contributed by atoms with Gasteiger partial charge in [-0.3, -0.25) is 0 Å². The molecule has 1 rings (SSSR count). The first-order valence-electron chi connectivity index (χ1n) is 4.54. The minimum absolute atomic E-state index is 0.107. The van der Waals surface area contributed by atoms with Crippen LogP contribution in [-0.4, -0.2) is 26.4 Å². The number of hydrogen-bond acceptors (Lipinski definition) is 4. The van der Waals surface area contributed by atoms with Crippen molar-refractivity contribution in [3.8, 4) is 5.75 Å². The van der Waals surface area contributed by atoms with Crippen molar-refractivity contribution in [1.82, 2.24) is 0 Å². The van der Waals surface area contributed by atoms with Gasteiger partial charge in [-0.05, 0) is 24.6 Å². The van der Waals surface area contributed by atoms with E-state index in [-0.39, 0.29) is 11.5 Å². The Hall–Kier alpha value is -0.780. The third-order valence-electron chi connectivity index (χ3n) is 2.38. The first-order chi connectivity index (χ1) is 7.27. The zero-order valence-electron chi connectivity index (χ0n) is 8.97. The molecule has 0 saturated heterocycles. The number of benzene rings is 1. The van der Waals surface area contributed by atoms with Crippen molar-refractivity contribution in [2.75, 3.05) is 12.9 Å². The van der Waals surface area contributed by atoms with E-state index in [0.29, 0.717) is 5.56 Å². The largest absolute Gasteiger partial charge is 0.508 e. The van der Waals surface area contributed by atoms with E-state index in [1.165, 1.54) is 19.2 Å². The number of halogens is 1. The van der Waals surface area contributed by atoms with Gasteiger partial charge in [0.05, 0.1) is 5.75 Å². The maximum absolute atomic E-state index is 11.1. The molecule has 6 heteroatoms. The van der Waals surface area contributed by atoms with Gasteiger partial charge in [0.2, 0.25) is 9.05 Å². The third-order valence-corrected chi connectivity index (χ3v) is 3.60. The van der Waals surface area contributed by atoms with Gasteiger partial charge in [-0.1, -0.05) is 12.1 Å². The molecule has 16 heavy (non-hydrogen) atoms. The highest BCUT2D eigenvalue weighted by atomic mass is 35.7. The van der Waals surface area contributed by atoms with Crippen LogP contribution in [-0.2, 0) is 19.4 Å². The van der Waals surface area contributed by atoms with E-state index in [9.17, 15) is 8.42 Å². The first kappa shape index (κ1) is 13.3. The average molecular weight is 265 g/mol. The molecule has 0 bridgehead atoms. The first-order valence-corrected chi connectivity index (χ1v) is 7.02. The van der Waals surface area contributed by atoms with Gasteiger partial charge in [-0.15, -0.1) is 0 Å². The second-order valence-corrected chi connectivity index (χ2v) is 6.44. The zero-order chi connectivity index (χ0) is 12.4. The zero-order valence-corrected chi connectivity index (χ0v) is 10.5. The molecule has 0 fully saturated rings. The lowest BCUT2D eigenvalue weighted by molar-refractivity contribution is 0.0225. The summed E-state index contributed by atoms with van der Waals surface area (Å²) in [5, 5.41) is 9.14. The standard InChI is InChI=1S/C10H13ClO4S/c1-10(15-2,7-16(11,13)14)8-3-5-9(12)6-4-8/h3-6,12H,7H2,1-2H3. The molecule has 0 aliphatic carbocycles. The van der Waals surface area contributed by atoms with E-state index >= 15 is 0 Å². The highest BCUT2D eigenvalue weighted by Gasteiger charge is 2.31. The highest BCUT2D eigenvalue weighted by molar-refractivity contribution is 8.13. The molecule has 0 radical (unpaired) electrons. The van der Waals surface area contributed by atoms with E-state index in [1.807, 2.05) is 0 Å². The quantitative estimate of drug-likeness (QED) is 0.843. The second-order valence-electron chi connectivity index (χ2n) is 3.67. The summed E-state index contributed by atoms with van der Waals surface area (Å²) in [5.41, 5.74) is -0.383. The number of hydrogen-bond donors (Lipinski definition) is 1. The Labute approximate surface area is 99.2 Å². The van der Waals surface area contributed by atoms with Crippen LogP contribution in [0.2, 0.25) is 0 Å². The maximum atomic E-state index is 11.1. The summed E-state index contributed by atoms with van der Waals surface area (Å²) in [4.78, 5) is 0. The van der Waals surface area contributed by atoms with E-state index in [4.69, 9.17) is 20.5 Å². The molecule has 0 spiro atoms. The summed E-state index contributed by atoms with van der Waals surface area (Å²) < 4.78 is 27.4. The summed E-state index contributed by atoms with van der Waals surface area (Å²) in [6.45, 7) is 1.62. The van der Waals surface area contributed by atoms with Crippen LogP contribution in [0.5, 0.6) is 5.75 Å². The van der Waals surface area contributed by atoms with Crippen molar-refractivity contribution in [3.63, 3.8) is 0 Å². The van der Waals surface area contributed by atoms with Crippen molar-refractivity contribution in [2.45, 2.75) is 12.5 Å². The van der Waals surface area contributed by atoms with Crippen LogP contribution in [0.1, 0.15) is 12.5 Å². The molecule has 90 valence electrons. The fourth-order valence-corrected chi connectivity index (χ4v) is 2.97. The van der Waals surface area contributed by atoms with Gasteiger partial charge in [-0.25, -0.2) is 8.42 Å². The lowest BCUT2D eigenvalue weighted by atomic mass is 9.98. The molecule has 0 amide bonds. The fraction of sp³-hybridized carbons (Fsp3) is 0.400. The van der Waals surface area contributed by atoms with Crippen molar-refractivity contribution < 1.29 is 18.3 Å². The van der Waals surface area contributed by atoms with E-state index < -0.39 is 14.7 Å². The van der Waals surface area contributed by atoms with Gasteiger partial charge in [0.25, 0.3) is 0 Å². The Morgan fingerprint density at radius 3 is 2.25 bits per heavy atom. The lowest BCUT2D eigenvalue weighted by Gasteiger charge is -2.27. The van der Waals surface area contributed by atoms with E-state index in [1.54, 1.807) is 19.1 Å². The smallest absolute Gasteiger partial charge is 0.235 e. The highest BCUT2D eigenvalue weighted by Crippen LogP contribution is 2.28. The van der Waals surface area contributed by atoms with Crippen molar-refractivity contribution in [2.24, 2.45) is 0 Å². The number of phenolic OH excluding ortho intramolecular Hbond substituents is 1. The summed E-state index contributed by atoms with van der Waals surface area (Å²) >= 11 is 0. The molecule has 1 aromatic rings. The second kappa shape index (κ2) is 4.61. The van der Waals surface area contributed by atoms with Gasteiger partial charge < -0.3 is 9.84 Å². The molecular weight excluding hydrogens is 252 g/mol. The maximum Gasteiger partial charge on any atom is 0.235 e. The summed E-state index contributed by atoms with van der Waals surface area (Å²) in [7, 11) is 2.96.